The van der Waals surface area contributed by atoms with Gasteiger partial charge in [0.05, 0.1) is 56.3 Å². The van der Waals surface area contributed by atoms with Crippen molar-refractivity contribution in [3.05, 3.63) is 182 Å². The maximum absolute atomic E-state index is 13.5. The summed E-state index contributed by atoms with van der Waals surface area (Å²) in [7, 11) is -12.3. The first-order valence-corrected chi connectivity index (χ1v) is 41.7. The van der Waals surface area contributed by atoms with Crippen molar-refractivity contribution in [2.75, 3.05) is 13.2 Å². The molecule has 14 aliphatic rings. The van der Waals surface area contributed by atoms with Crippen LogP contribution in [-0.4, -0.2) is 110 Å². The summed E-state index contributed by atoms with van der Waals surface area (Å²) >= 11 is 0. The van der Waals surface area contributed by atoms with Gasteiger partial charge in [0, 0.05) is 23.7 Å². The summed E-state index contributed by atoms with van der Waals surface area (Å²) in [5.74, 6) is -7.98. The third kappa shape index (κ3) is 14.6. The van der Waals surface area contributed by atoms with Gasteiger partial charge in [0.1, 0.15) is 30.2 Å². The third-order valence-electron chi connectivity index (χ3n) is 24.5. The van der Waals surface area contributed by atoms with Crippen LogP contribution in [0.5, 0.6) is 0 Å². The number of fused-ring (bicyclic) bond motifs is 2. The lowest BCUT2D eigenvalue weighted by Gasteiger charge is -2.55. The summed E-state index contributed by atoms with van der Waals surface area (Å²) in [6, 6.07) is 59.7. The van der Waals surface area contributed by atoms with Crippen LogP contribution >= 0.6 is 0 Å². The van der Waals surface area contributed by atoms with Gasteiger partial charge in [-0.2, -0.15) is 17.6 Å². The molecule has 2 heterocycles. The molecule has 107 heavy (non-hydrogen) atoms. The van der Waals surface area contributed by atoms with E-state index >= 15 is 0 Å². The molecule has 6 aromatic rings. The van der Waals surface area contributed by atoms with Crippen LogP contribution in [-0.2, 0) is 99.2 Å². The Morgan fingerprint density at radius 2 is 0.673 bits per heavy atom. The number of carbonyl (C=O) groups excluding carboxylic acids is 6. The maximum atomic E-state index is 13.5. The van der Waals surface area contributed by atoms with E-state index in [1.807, 2.05) is 48.5 Å². The molecule has 2 saturated heterocycles. The fraction of sp³-hybridized carbons (Fsp3) is 0.475. The van der Waals surface area contributed by atoms with Crippen LogP contribution in [0, 0.1) is 99.5 Å². The van der Waals surface area contributed by atoms with E-state index in [4.69, 9.17) is 18.9 Å². The molecule has 0 radical (unpaired) electrons. The fourth-order valence-electron chi connectivity index (χ4n) is 21.0. The first-order chi connectivity index (χ1) is 51.1. The highest BCUT2D eigenvalue weighted by molar-refractivity contribution is 7.97. The molecule has 0 spiro atoms. The van der Waals surface area contributed by atoms with E-state index < -0.39 is 150 Å². The minimum atomic E-state index is -6.02. The lowest BCUT2D eigenvalue weighted by Crippen LogP contribution is -2.53. The molecule has 0 aromatic heterocycles. The summed E-state index contributed by atoms with van der Waals surface area (Å²) in [5.41, 5.74) is -1.11. The van der Waals surface area contributed by atoms with Crippen molar-refractivity contribution in [3.63, 3.8) is 0 Å². The van der Waals surface area contributed by atoms with Gasteiger partial charge in [-0.3, -0.25) is 28.8 Å². The van der Waals surface area contributed by atoms with Crippen LogP contribution in [0.4, 0.5) is 22.0 Å². The predicted molar refractivity (Wildman–Crippen MR) is 372 cm³/mol. The Kier molecular flexibility index (Phi) is 20.5. The number of halogens is 5. The minimum absolute atomic E-state index is 0.0146. The van der Waals surface area contributed by atoms with Gasteiger partial charge < -0.3 is 37.5 Å². The van der Waals surface area contributed by atoms with Crippen molar-refractivity contribution < 1.29 is 105 Å². The first-order valence-electron chi connectivity index (χ1n) is 36.4. The van der Waals surface area contributed by atoms with Gasteiger partial charge in [-0.1, -0.05) is 91.0 Å². The average Bonchev–Trinajstić information content (AvgIpc) is 1.59. The second kappa shape index (κ2) is 29.3. The number of rotatable bonds is 18. The van der Waals surface area contributed by atoms with E-state index in [0.29, 0.717) is 48.3 Å². The molecule has 12 atom stereocenters. The smallest absolute Gasteiger partial charge is 0.367 e. The van der Waals surface area contributed by atoms with Crippen LogP contribution in [0.2, 0.25) is 0 Å². The SMILES string of the molecule is Fc1ccc([S+](c2ccccc2)c2ccccc2)cc1.O=C1OC2C3CC(C2OC(=O)C24CC5CC(CC(C5)C2)C4)C(C(=O)OCC(F)(F)S(=O)(=O)[O-])C13.O=C1OC2C3CC(C2OC(=O)C24CC5CC(CC(C5)C2)C4)C(C(=O)OCC(F)(F)S(=O)(=O)[O-])C13.c1ccc([S+](c2ccccc2)c2ccccc2)cc1. The zero-order valence-electron chi connectivity index (χ0n) is 57.8. The number of carbonyl (C=O) groups is 6. The highest BCUT2D eigenvalue weighted by Gasteiger charge is 2.73. The van der Waals surface area contributed by atoms with Crippen molar-refractivity contribution in [2.45, 2.75) is 154 Å². The first kappa shape index (κ1) is 74.8. The van der Waals surface area contributed by atoms with Gasteiger partial charge in [0.15, 0.2) is 62.8 Å². The van der Waals surface area contributed by atoms with E-state index in [-0.39, 0.29) is 39.5 Å². The topological polar surface area (TPSA) is 272 Å². The Morgan fingerprint density at radius 1 is 0.411 bits per heavy atom. The average molecular weight is 1550 g/mol. The van der Waals surface area contributed by atoms with Gasteiger partial charge in [-0.05, 0) is 210 Å². The van der Waals surface area contributed by atoms with E-state index in [1.54, 1.807) is 0 Å². The molecule has 12 bridgehead atoms. The van der Waals surface area contributed by atoms with Gasteiger partial charge in [-0.15, -0.1) is 0 Å². The van der Waals surface area contributed by atoms with Crippen LogP contribution in [0.25, 0.3) is 0 Å². The summed E-state index contributed by atoms with van der Waals surface area (Å²) in [4.78, 5) is 84.9. The highest BCUT2D eigenvalue weighted by atomic mass is 32.2. The molecule has 566 valence electrons. The van der Waals surface area contributed by atoms with Gasteiger partial charge in [0.25, 0.3) is 0 Å². The molecular formula is C80H79F5O18S4. The predicted octanol–water partition coefficient (Wildman–Crippen LogP) is 12.9. The van der Waals surface area contributed by atoms with Crippen molar-refractivity contribution >= 4 is 77.8 Å². The number of alkyl halides is 4. The lowest BCUT2D eigenvalue weighted by molar-refractivity contribution is -0.188. The van der Waals surface area contributed by atoms with E-state index in [9.17, 15) is 76.7 Å². The molecule has 27 heteroatoms. The summed E-state index contributed by atoms with van der Waals surface area (Å²) < 4.78 is 163. The quantitative estimate of drug-likeness (QED) is 0.0254. The number of hydrogen-bond donors (Lipinski definition) is 0. The van der Waals surface area contributed by atoms with Gasteiger partial charge >= 0.3 is 46.3 Å². The molecule has 0 amide bonds. The van der Waals surface area contributed by atoms with Crippen LogP contribution in [0.15, 0.2) is 205 Å². The number of benzene rings is 6. The largest absolute Gasteiger partial charge is 0.743 e. The van der Waals surface area contributed by atoms with Crippen molar-refractivity contribution in [2.24, 2.45) is 93.7 Å². The Balaban J connectivity index is 0.000000118. The molecule has 18 nitrogen and oxygen atoms in total. The standard InChI is InChI=1S/2C22H26F2O9S.C18H14FS.C18H15S/c2*23-22(24,34(28,29)30)8-31-18(25)14-12-4-13-15(14)19(26)32-16(13)17(12)33-20(27)21-5-9-1-10(6-21)3-11(2-9)7-21;19-15-11-13-18(14-12-15)20(16-7-3-1-4-8-16)17-9-5-2-6-10-17;1-4-10-16(11-5-1)19(17-12-6-2-7-13-17)18-14-8-3-9-15-18/h2*9-17H,1-8H2,(H,28,29,30);1-14H;1-15H/q;;2*+1/p-2. The van der Waals surface area contributed by atoms with E-state index in [0.717, 1.165) is 81.9 Å². The summed E-state index contributed by atoms with van der Waals surface area (Å²) in [6.45, 7) is -3.87. The molecule has 6 aromatic carbocycles. The Labute approximate surface area is 622 Å². The molecule has 2 aliphatic heterocycles. The number of ether oxygens (including phenoxy) is 6. The van der Waals surface area contributed by atoms with E-state index in [2.05, 4.69) is 125 Å². The van der Waals surface area contributed by atoms with E-state index in [1.165, 1.54) is 36.6 Å². The van der Waals surface area contributed by atoms with Crippen LogP contribution in [0.3, 0.4) is 0 Å². The summed E-state index contributed by atoms with van der Waals surface area (Å²) in [5, 5.41) is -9.58. The van der Waals surface area contributed by atoms with Crippen molar-refractivity contribution in [1.82, 2.24) is 0 Å². The number of hydrogen-bond acceptors (Lipinski definition) is 18. The lowest BCUT2D eigenvalue weighted by atomic mass is 9.49. The molecule has 14 fully saturated rings. The molecule has 12 aliphatic carbocycles. The Bertz CT molecular complexity index is 4180. The maximum Gasteiger partial charge on any atom is 0.367 e. The molecule has 12 unspecified atom stereocenters. The zero-order valence-corrected chi connectivity index (χ0v) is 61.1. The zero-order chi connectivity index (χ0) is 75.1. The Morgan fingerprint density at radius 3 is 0.935 bits per heavy atom. The fourth-order valence-corrected chi connectivity index (χ4v) is 25.6. The van der Waals surface area contributed by atoms with Crippen LogP contribution in [0.1, 0.15) is 89.9 Å². The normalized spacial score (nSPS) is 33.1. The Hall–Kier alpha value is -7.69. The minimum Gasteiger partial charge on any atom is -0.743 e. The summed E-state index contributed by atoms with van der Waals surface area (Å²) in [6.07, 6.45) is 9.00. The second-order valence-corrected chi connectivity index (χ2v) is 38.3. The second-order valence-electron chi connectivity index (χ2n) is 31.2. The monoisotopic (exact) mass is 1550 g/mol. The molecule has 20 rings (SSSR count). The van der Waals surface area contributed by atoms with Crippen molar-refractivity contribution in [3.8, 4) is 0 Å². The third-order valence-corrected chi connectivity index (χ3v) is 30.7. The highest BCUT2D eigenvalue weighted by Crippen LogP contribution is 2.65. The van der Waals surface area contributed by atoms with Gasteiger partial charge in [-0.25, -0.2) is 21.2 Å². The molecule has 0 N–H and O–H groups in total. The van der Waals surface area contributed by atoms with Gasteiger partial charge in [0.2, 0.25) is 0 Å². The molecule has 12 saturated carbocycles. The van der Waals surface area contributed by atoms with Crippen molar-refractivity contribution in [1.29, 1.82) is 0 Å². The molecular weight excluding hydrogens is 1470 g/mol. The van der Waals surface area contributed by atoms with Crippen LogP contribution < -0.4 is 0 Å². The number of esters is 6.